The average molecular weight is 569 g/mol. The second-order valence-corrected chi connectivity index (χ2v) is 11.4. The Labute approximate surface area is 222 Å². The summed E-state index contributed by atoms with van der Waals surface area (Å²) in [6.45, 7) is 0. The molecule has 0 saturated heterocycles. The Hall–Kier alpha value is -3.22. The SMILES string of the molecule is O=S(=O)(NC1CCCC(N2c3ccc(F)cc3CCc3cc(F)ccc32)C1O)c1ccc(OC(F)(F)F)cc1. The van der Waals surface area contributed by atoms with Gasteiger partial charge in [-0.25, -0.2) is 21.9 Å². The van der Waals surface area contributed by atoms with Crippen molar-refractivity contribution in [1.82, 2.24) is 4.72 Å². The van der Waals surface area contributed by atoms with Crippen LogP contribution in [0, 0.1) is 11.6 Å². The van der Waals surface area contributed by atoms with Crippen LogP contribution in [0.1, 0.15) is 30.4 Å². The van der Waals surface area contributed by atoms with Gasteiger partial charge >= 0.3 is 6.36 Å². The Morgan fingerprint density at radius 2 is 1.44 bits per heavy atom. The topological polar surface area (TPSA) is 78.9 Å². The van der Waals surface area contributed by atoms with E-state index in [0.29, 0.717) is 54.6 Å². The number of hydrogen-bond acceptors (Lipinski definition) is 5. The molecule has 39 heavy (non-hydrogen) atoms. The van der Waals surface area contributed by atoms with E-state index in [4.69, 9.17) is 0 Å². The first kappa shape index (κ1) is 27.4. The lowest BCUT2D eigenvalue weighted by molar-refractivity contribution is -0.274. The molecule has 5 rings (SSSR count). The largest absolute Gasteiger partial charge is 0.573 e. The van der Waals surface area contributed by atoms with Gasteiger partial charge < -0.3 is 14.7 Å². The number of benzene rings is 3. The van der Waals surface area contributed by atoms with Gasteiger partial charge in [0.25, 0.3) is 0 Å². The predicted octanol–water partition coefficient (Wildman–Crippen LogP) is 5.36. The molecule has 0 spiro atoms. The number of halogens is 5. The number of aliphatic hydroxyl groups is 1. The first-order valence-electron chi connectivity index (χ1n) is 12.3. The van der Waals surface area contributed by atoms with Gasteiger partial charge in [0.05, 0.1) is 23.1 Å². The van der Waals surface area contributed by atoms with Crippen LogP contribution in [-0.4, -0.2) is 38.1 Å². The van der Waals surface area contributed by atoms with Crippen LogP contribution in [0.25, 0.3) is 0 Å². The van der Waals surface area contributed by atoms with E-state index < -0.39 is 52.0 Å². The van der Waals surface area contributed by atoms with Gasteiger partial charge in [-0.2, -0.15) is 0 Å². The van der Waals surface area contributed by atoms with Gasteiger partial charge in [0.1, 0.15) is 17.4 Å². The number of ether oxygens (including phenoxy) is 1. The minimum absolute atomic E-state index is 0.289. The van der Waals surface area contributed by atoms with Crippen LogP contribution in [0.2, 0.25) is 0 Å². The van der Waals surface area contributed by atoms with Crippen molar-refractivity contribution >= 4 is 21.4 Å². The lowest BCUT2D eigenvalue weighted by atomic mass is 9.86. The van der Waals surface area contributed by atoms with Gasteiger partial charge in [0.2, 0.25) is 10.0 Å². The summed E-state index contributed by atoms with van der Waals surface area (Å²) in [5.41, 5.74) is 2.66. The van der Waals surface area contributed by atoms with Crippen LogP contribution in [0.3, 0.4) is 0 Å². The lowest BCUT2D eigenvalue weighted by Gasteiger charge is -2.43. The highest BCUT2D eigenvalue weighted by molar-refractivity contribution is 7.89. The highest BCUT2D eigenvalue weighted by Crippen LogP contribution is 2.41. The molecular weight excluding hydrogens is 543 g/mol. The molecule has 1 fully saturated rings. The van der Waals surface area contributed by atoms with E-state index in [2.05, 4.69) is 9.46 Å². The molecule has 12 heteroatoms. The van der Waals surface area contributed by atoms with Crippen molar-refractivity contribution in [2.75, 3.05) is 4.90 Å². The molecule has 1 heterocycles. The fourth-order valence-electron chi connectivity index (χ4n) is 5.39. The molecule has 3 aromatic rings. The molecule has 3 unspecified atom stereocenters. The molecule has 3 atom stereocenters. The van der Waals surface area contributed by atoms with Crippen LogP contribution in [0.15, 0.2) is 65.6 Å². The zero-order chi connectivity index (χ0) is 27.9. The summed E-state index contributed by atoms with van der Waals surface area (Å²) in [7, 11) is -4.21. The van der Waals surface area contributed by atoms with Crippen LogP contribution >= 0.6 is 0 Å². The molecular formula is C27H25F5N2O4S. The van der Waals surface area contributed by atoms with Gasteiger partial charge in [-0.3, -0.25) is 0 Å². The number of nitrogens with zero attached hydrogens (tertiary/aromatic N) is 1. The van der Waals surface area contributed by atoms with Crippen LogP contribution in [0.4, 0.5) is 33.3 Å². The van der Waals surface area contributed by atoms with E-state index in [-0.39, 0.29) is 4.90 Å². The second kappa shape index (κ2) is 10.4. The molecule has 208 valence electrons. The molecule has 1 aliphatic heterocycles. The molecule has 1 saturated carbocycles. The van der Waals surface area contributed by atoms with Crippen LogP contribution in [-0.2, 0) is 22.9 Å². The molecule has 0 amide bonds. The molecule has 3 aromatic carbocycles. The maximum atomic E-state index is 14.1. The highest BCUT2D eigenvalue weighted by Gasteiger charge is 2.40. The fourth-order valence-corrected chi connectivity index (χ4v) is 6.68. The number of alkyl halides is 3. The minimum atomic E-state index is -4.91. The molecule has 0 aromatic heterocycles. The monoisotopic (exact) mass is 568 g/mol. The third kappa shape index (κ3) is 5.87. The summed E-state index contributed by atoms with van der Waals surface area (Å²) in [4.78, 5) is 1.55. The van der Waals surface area contributed by atoms with Crippen molar-refractivity contribution in [1.29, 1.82) is 0 Å². The highest BCUT2D eigenvalue weighted by atomic mass is 32.2. The number of aryl methyl sites for hydroxylation is 2. The quantitative estimate of drug-likeness (QED) is 0.406. The molecule has 2 aliphatic rings. The Morgan fingerprint density at radius 1 is 0.872 bits per heavy atom. The van der Waals surface area contributed by atoms with Crippen LogP contribution in [0.5, 0.6) is 5.75 Å². The fraction of sp³-hybridized carbons (Fsp3) is 0.333. The predicted molar refractivity (Wildman–Crippen MR) is 133 cm³/mol. The number of hydrogen-bond donors (Lipinski definition) is 2. The van der Waals surface area contributed by atoms with Crippen molar-refractivity contribution in [2.24, 2.45) is 0 Å². The third-order valence-corrected chi connectivity index (χ3v) is 8.60. The molecule has 0 bridgehead atoms. The maximum absolute atomic E-state index is 14.1. The van der Waals surface area contributed by atoms with Crippen molar-refractivity contribution < 1.29 is 40.2 Å². The summed E-state index contributed by atoms with van der Waals surface area (Å²) >= 11 is 0. The summed E-state index contributed by atoms with van der Waals surface area (Å²) in [6.07, 6.45) is -3.89. The summed E-state index contributed by atoms with van der Waals surface area (Å²) in [5, 5.41) is 11.5. The summed E-state index contributed by atoms with van der Waals surface area (Å²) in [5.74, 6) is -1.41. The Balaban J connectivity index is 1.44. The van der Waals surface area contributed by atoms with Gasteiger partial charge in [-0.05, 0) is 104 Å². The first-order chi connectivity index (χ1) is 18.4. The van der Waals surface area contributed by atoms with E-state index in [9.17, 15) is 35.5 Å². The zero-order valence-corrected chi connectivity index (χ0v) is 21.3. The standard InChI is InChI=1S/C27H25F5N2O4S/c28-18-6-12-23-16(14-18)4-5-17-15-19(29)7-13-24(17)34(23)25-3-1-2-22(26(25)35)33-39(36,37)21-10-8-20(9-11-21)38-27(30,31)32/h6-15,22,25-26,33,35H,1-5H2. The number of aliphatic hydroxyl groups excluding tert-OH is 1. The Kier molecular flexibility index (Phi) is 7.29. The van der Waals surface area contributed by atoms with Crippen LogP contribution < -0.4 is 14.4 Å². The average Bonchev–Trinajstić information content (AvgIpc) is 3.01. The van der Waals surface area contributed by atoms with Gasteiger partial charge in [0, 0.05) is 11.4 Å². The van der Waals surface area contributed by atoms with E-state index in [0.717, 1.165) is 24.3 Å². The van der Waals surface area contributed by atoms with Crippen molar-refractivity contribution in [3.63, 3.8) is 0 Å². The minimum Gasteiger partial charge on any atom is -0.406 e. The zero-order valence-electron chi connectivity index (χ0n) is 20.5. The van der Waals surface area contributed by atoms with Gasteiger partial charge in [-0.15, -0.1) is 13.2 Å². The van der Waals surface area contributed by atoms with Gasteiger partial charge in [0.15, 0.2) is 0 Å². The second-order valence-electron chi connectivity index (χ2n) is 9.65. The summed E-state index contributed by atoms with van der Waals surface area (Å²) < 4.78 is 98.0. The van der Waals surface area contributed by atoms with E-state index >= 15 is 0 Å². The molecule has 1 aliphatic carbocycles. The lowest BCUT2D eigenvalue weighted by Crippen LogP contribution is -2.55. The number of sulfonamides is 1. The van der Waals surface area contributed by atoms with Crippen molar-refractivity contribution in [3.8, 4) is 5.75 Å². The van der Waals surface area contributed by atoms with E-state index in [1.165, 1.54) is 24.3 Å². The van der Waals surface area contributed by atoms with E-state index in [1.807, 2.05) is 4.90 Å². The molecule has 0 radical (unpaired) electrons. The number of rotatable bonds is 5. The normalized spacial score (nSPS) is 21.6. The number of anilines is 2. The number of nitrogens with one attached hydrogen (secondary N) is 1. The summed E-state index contributed by atoms with van der Waals surface area (Å²) in [6, 6.07) is 10.9. The smallest absolute Gasteiger partial charge is 0.406 e. The van der Waals surface area contributed by atoms with E-state index in [1.54, 1.807) is 12.1 Å². The van der Waals surface area contributed by atoms with Crippen molar-refractivity contribution in [2.45, 2.75) is 61.5 Å². The number of fused-ring (bicyclic) bond motifs is 2. The molecule has 2 N–H and O–H groups in total. The maximum Gasteiger partial charge on any atom is 0.573 e. The Bertz CT molecular complexity index is 1410. The molecule has 6 nitrogen and oxygen atoms in total. The third-order valence-electron chi connectivity index (χ3n) is 7.09. The Morgan fingerprint density at radius 3 is 1.97 bits per heavy atom. The van der Waals surface area contributed by atoms with Gasteiger partial charge in [-0.1, -0.05) is 0 Å². The first-order valence-corrected chi connectivity index (χ1v) is 13.8. The van der Waals surface area contributed by atoms with Crippen molar-refractivity contribution in [3.05, 3.63) is 83.4 Å².